The molecule has 4 nitrogen and oxygen atoms in total. The number of amides is 1. The topological polar surface area (TPSA) is 58.6 Å². The van der Waals surface area contributed by atoms with Gasteiger partial charge in [-0.2, -0.15) is 0 Å². The fraction of sp³-hybridized carbons (Fsp3) is 0.500. The first-order chi connectivity index (χ1) is 8.72. The molecule has 0 aromatic heterocycles. The molecule has 1 rings (SSSR count). The molecule has 0 radical (unpaired) electrons. The Morgan fingerprint density at radius 3 is 2.67 bits per heavy atom. The van der Waals surface area contributed by atoms with Gasteiger partial charge in [0.05, 0.1) is 6.61 Å². The summed E-state index contributed by atoms with van der Waals surface area (Å²) in [6.45, 7) is 3.14. The van der Waals surface area contributed by atoms with E-state index in [9.17, 15) is 4.79 Å². The molecule has 1 aromatic carbocycles. The molecule has 0 heterocycles. The van der Waals surface area contributed by atoms with Gasteiger partial charge in [-0.3, -0.25) is 0 Å². The maximum atomic E-state index is 11.2. The van der Waals surface area contributed by atoms with E-state index in [-0.39, 0.29) is 11.8 Å². The number of carbonyl (C=O) groups excluding carboxylic acids is 1. The Balaban J connectivity index is 2.07. The van der Waals surface area contributed by atoms with Gasteiger partial charge in [0, 0.05) is 6.54 Å². The molecule has 0 unspecified atom stereocenters. The molecular formula is C14H21NO3. The van der Waals surface area contributed by atoms with E-state index in [1.807, 2.05) is 12.1 Å². The molecule has 18 heavy (non-hydrogen) atoms. The van der Waals surface area contributed by atoms with Gasteiger partial charge in [-0.1, -0.05) is 25.5 Å². The number of unbranched alkanes of at least 4 members (excludes halogenated alkanes) is 1. The molecule has 0 aliphatic carbocycles. The minimum Gasteiger partial charge on any atom is -0.508 e. The predicted octanol–water partition coefficient (Wildman–Crippen LogP) is 2.85. The lowest BCUT2D eigenvalue weighted by Crippen LogP contribution is -2.25. The van der Waals surface area contributed by atoms with Crippen molar-refractivity contribution in [2.24, 2.45) is 0 Å². The molecule has 2 N–H and O–H groups in total. The van der Waals surface area contributed by atoms with E-state index in [0.29, 0.717) is 13.2 Å². The predicted molar refractivity (Wildman–Crippen MR) is 70.7 cm³/mol. The summed E-state index contributed by atoms with van der Waals surface area (Å²) in [6.07, 6.45) is 3.31. The van der Waals surface area contributed by atoms with Crippen LogP contribution in [0.15, 0.2) is 24.3 Å². The number of phenols is 1. The molecule has 1 aromatic rings. The Bertz CT molecular complexity index is 349. The number of rotatable bonds is 7. The normalized spacial score (nSPS) is 10.1. The van der Waals surface area contributed by atoms with Crippen LogP contribution in [-0.4, -0.2) is 24.4 Å². The zero-order valence-electron chi connectivity index (χ0n) is 10.8. The minimum absolute atomic E-state index is 0.274. The van der Waals surface area contributed by atoms with Gasteiger partial charge < -0.3 is 15.2 Å². The lowest BCUT2D eigenvalue weighted by molar-refractivity contribution is 0.144. The maximum absolute atomic E-state index is 11.2. The number of nitrogens with one attached hydrogen (secondary N) is 1. The van der Waals surface area contributed by atoms with Gasteiger partial charge in [0.25, 0.3) is 0 Å². The van der Waals surface area contributed by atoms with E-state index < -0.39 is 0 Å². The highest BCUT2D eigenvalue weighted by atomic mass is 16.5. The van der Waals surface area contributed by atoms with E-state index in [0.717, 1.165) is 31.2 Å². The highest BCUT2D eigenvalue weighted by molar-refractivity contribution is 5.66. The number of aryl methyl sites for hydroxylation is 1. The summed E-state index contributed by atoms with van der Waals surface area (Å²) in [4.78, 5) is 11.2. The molecule has 0 atom stereocenters. The third-order valence-corrected chi connectivity index (χ3v) is 2.58. The molecule has 0 aliphatic rings. The average molecular weight is 251 g/mol. The third-order valence-electron chi connectivity index (χ3n) is 2.58. The van der Waals surface area contributed by atoms with Crippen molar-refractivity contribution in [3.05, 3.63) is 29.8 Å². The SMILES string of the molecule is CCCCOC(=O)NCCCc1ccc(O)cc1. The van der Waals surface area contributed by atoms with E-state index >= 15 is 0 Å². The molecule has 0 spiro atoms. The van der Waals surface area contributed by atoms with Crippen molar-refractivity contribution in [3.8, 4) is 5.75 Å². The Kier molecular flexibility index (Phi) is 6.69. The lowest BCUT2D eigenvalue weighted by Gasteiger charge is -2.06. The molecule has 1 amide bonds. The Morgan fingerprint density at radius 2 is 2.00 bits per heavy atom. The largest absolute Gasteiger partial charge is 0.508 e. The second-order valence-electron chi connectivity index (χ2n) is 4.19. The highest BCUT2D eigenvalue weighted by Gasteiger charge is 2.00. The van der Waals surface area contributed by atoms with Gasteiger partial charge in [-0.25, -0.2) is 4.79 Å². The average Bonchev–Trinajstić information content (AvgIpc) is 2.37. The van der Waals surface area contributed by atoms with Crippen molar-refractivity contribution in [1.82, 2.24) is 5.32 Å². The number of ether oxygens (including phenoxy) is 1. The van der Waals surface area contributed by atoms with Crippen LogP contribution in [0.5, 0.6) is 5.75 Å². The Morgan fingerprint density at radius 1 is 1.28 bits per heavy atom. The van der Waals surface area contributed by atoms with E-state index in [1.54, 1.807) is 12.1 Å². The molecule has 0 fully saturated rings. The Hall–Kier alpha value is -1.71. The number of hydrogen-bond acceptors (Lipinski definition) is 3. The molecule has 0 saturated carbocycles. The summed E-state index contributed by atoms with van der Waals surface area (Å²) < 4.78 is 4.97. The van der Waals surface area contributed by atoms with Gasteiger partial charge in [-0.15, -0.1) is 0 Å². The van der Waals surface area contributed by atoms with Crippen molar-refractivity contribution in [2.75, 3.05) is 13.2 Å². The second-order valence-corrected chi connectivity index (χ2v) is 4.19. The summed E-state index contributed by atoms with van der Waals surface area (Å²) in [6, 6.07) is 7.10. The van der Waals surface area contributed by atoms with Crippen LogP contribution in [0.4, 0.5) is 4.79 Å². The number of aromatic hydroxyl groups is 1. The number of phenolic OH excluding ortho intramolecular Hbond substituents is 1. The fourth-order valence-corrected chi connectivity index (χ4v) is 1.51. The van der Waals surface area contributed by atoms with Crippen molar-refractivity contribution in [3.63, 3.8) is 0 Å². The van der Waals surface area contributed by atoms with Crippen LogP contribution in [0.25, 0.3) is 0 Å². The molecule has 0 saturated heterocycles. The van der Waals surface area contributed by atoms with Crippen LogP contribution in [0.2, 0.25) is 0 Å². The first-order valence-electron chi connectivity index (χ1n) is 6.41. The molecule has 0 bridgehead atoms. The zero-order valence-corrected chi connectivity index (χ0v) is 10.8. The molecule has 4 heteroatoms. The van der Waals surface area contributed by atoms with Crippen LogP contribution in [-0.2, 0) is 11.2 Å². The standard InChI is InChI=1S/C14H21NO3/c1-2-3-11-18-14(17)15-10-4-5-12-6-8-13(16)9-7-12/h6-9,16H,2-5,10-11H2,1H3,(H,15,17). The lowest BCUT2D eigenvalue weighted by atomic mass is 10.1. The smallest absolute Gasteiger partial charge is 0.407 e. The van der Waals surface area contributed by atoms with Gasteiger partial charge >= 0.3 is 6.09 Å². The minimum atomic E-state index is -0.339. The van der Waals surface area contributed by atoms with E-state index in [1.165, 1.54) is 0 Å². The van der Waals surface area contributed by atoms with Crippen molar-refractivity contribution < 1.29 is 14.6 Å². The fourth-order valence-electron chi connectivity index (χ4n) is 1.51. The Labute approximate surface area is 108 Å². The number of carbonyl (C=O) groups is 1. The van der Waals surface area contributed by atoms with Crippen LogP contribution in [0.1, 0.15) is 31.7 Å². The summed E-state index contributed by atoms with van der Waals surface area (Å²) in [7, 11) is 0. The first kappa shape index (κ1) is 14.4. The molecular weight excluding hydrogens is 230 g/mol. The van der Waals surface area contributed by atoms with Crippen LogP contribution in [0, 0.1) is 0 Å². The third kappa shape index (κ3) is 6.13. The summed E-state index contributed by atoms with van der Waals surface area (Å²) in [5.74, 6) is 0.274. The number of alkyl carbamates (subject to hydrolysis) is 1. The molecule has 0 aliphatic heterocycles. The van der Waals surface area contributed by atoms with Crippen molar-refractivity contribution in [1.29, 1.82) is 0 Å². The zero-order chi connectivity index (χ0) is 13.2. The van der Waals surface area contributed by atoms with Crippen LogP contribution >= 0.6 is 0 Å². The van der Waals surface area contributed by atoms with E-state index in [4.69, 9.17) is 9.84 Å². The van der Waals surface area contributed by atoms with Gasteiger partial charge in [0.2, 0.25) is 0 Å². The first-order valence-corrected chi connectivity index (χ1v) is 6.41. The van der Waals surface area contributed by atoms with Crippen LogP contribution in [0.3, 0.4) is 0 Å². The summed E-state index contributed by atoms with van der Waals surface area (Å²) >= 11 is 0. The summed E-state index contributed by atoms with van der Waals surface area (Å²) in [5.41, 5.74) is 1.15. The monoisotopic (exact) mass is 251 g/mol. The number of hydrogen-bond donors (Lipinski definition) is 2. The van der Waals surface area contributed by atoms with Gasteiger partial charge in [0.1, 0.15) is 5.75 Å². The highest BCUT2D eigenvalue weighted by Crippen LogP contribution is 2.10. The second kappa shape index (κ2) is 8.39. The van der Waals surface area contributed by atoms with Crippen LogP contribution < -0.4 is 5.32 Å². The van der Waals surface area contributed by atoms with E-state index in [2.05, 4.69) is 12.2 Å². The van der Waals surface area contributed by atoms with Gasteiger partial charge in [-0.05, 0) is 37.0 Å². The van der Waals surface area contributed by atoms with Crippen molar-refractivity contribution in [2.45, 2.75) is 32.6 Å². The maximum Gasteiger partial charge on any atom is 0.407 e. The van der Waals surface area contributed by atoms with Gasteiger partial charge in [0.15, 0.2) is 0 Å². The number of benzene rings is 1. The summed E-state index contributed by atoms with van der Waals surface area (Å²) in [5, 5.41) is 11.8. The quantitative estimate of drug-likeness (QED) is 0.733. The van der Waals surface area contributed by atoms with Crippen molar-refractivity contribution >= 4 is 6.09 Å². The molecule has 100 valence electrons.